The minimum Gasteiger partial charge on any atom is -0.318 e. The number of thioether (sulfide) groups is 1. The Hall–Kier alpha value is -2.21. The first-order valence-corrected chi connectivity index (χ1v) is 10.9. The molecule has 7 heteroatoms. The Morgan fingerprint density at radius 3 is 2.34 bits per heavy atom. The normalized spacial score (nSPS) is 11.2. The molecule has 3 aromatic rings. The van der Waals surface area contributed by atoms with Crippen molar-refractivity contribution < 1.29 is 4.79 Å². The maximum atomic E-state index is 12.0. The van der Waals surface area contributed by atoms with Gasteiger partial charge in [0.2, 0.25) is 5.91 Å². The molecule has 0 saturated carbocycles. The molecule has 0 aliphatic carbocycles. The van der Waals surface area contributed by atoms with Gasteiger partial charge in [-0.15, -0.1) is 11.8 Å². The summed E-state index contributed by atoms with van der Waals surface area (Å²) >= 11 is 13.4. The second-order valence-electron chi connectivity index (χ2n) is 6.55. The Balaban J connectivity index is 1.54. The fourth-order valence-corrected chi connectivity index (χ4v) is 3.99. The predicted octanol–water partition coefficient (Wildman–Crippen LogP) is 5.78. The van der Waals surface area contributed by atoms with E-state index in [1.807, 2.05) is 68.4 Å². The van der Waals surface area contributed by atoms with Crippen LogP contribution in [0.15, 0.2) is 59.7 Å². The first-order chi connectivity index (χ1) is 13.9. The van der Waals surface area contributed by atoms with E-state index < -0.39 is 0 Å². The summed E-state index contributed by atoms with van der Waals surface area (Å²) in [5, 5.41) is 5.52. The van der Waals surface area contributed by atoms with Gasteiger partial charge in [-0.3, -0.25) is 4.79 Å². The van der Waals surface area contributed by atoms with Gasteiger partial charge >= 0.3 is 0 Å². The third kappa shape index (κ3) is 5.89. The number of nitrogens with zero attached hydrogens (tertiary/aromatic N) is 2. The first kappa shape index (κ1) is 21.5. The lowest BCUT2D eigenvalue weighted by molar-refractivity contribution is -0.118. The molecule has 0 saturated heterocycles. The van der Waals surface area contributed by atoms with E-state index in [4.69, 9.17) is 23.2 Å². The molecule has 2 aromatic carbocycles. The zero-order valence-electron chi connectivity index (χ0n) is 16.2. The summed E-state index contributed by atoms with van der Waals surface area (Å²) < 4.78 is 2.13. The number of aryl methyl sites for hydroxylation is 1. The van der Waals surface area contributed by atoms with E-state index in [1.165, 1.54) is 11.8 Å². The van der Waals surface area contributed by atoms with Crippen molar-refractivity contribution in [2.45, 2.75) is 19.6 Å². The maximum absolute atomic E-state index is 12.0. The molecular weight excluding hydrogens is 425 g/mol. The summed E-state index contributed by atoms with van der Waals surface area (Å²) in [5.41, 5.74) is 7.83. The van der Waals surface area contributed by atoms with E-state index in [9.17, 15) is 4.79 Å². The highest BCUT2D eigenvalue weighted by Crippen LogP contribution is 2.21. The smallest absolute Gasteiger partial charge is 0.250 e. The molecule has 150 valence electrons. The average Bonchev–Trinajstić information content (AvgIpc) is 2.98. The molecule has 3 rings (SSSR count). The van der Waals surface area contributed by atoms with E-state index in [2.05, 4.69) is 15.1 Å². The first-order valence-electron chi connectivity index (χ1n) is 9.03. The minimum absolute atomic E-state index is 0.133. The molecule has 0 spiro atoms. The Labute approximate surface area is 184 Å². The molecule has 0 aliphatic rings. The lowest BCUT2D eigenvalue weighted by Gasteiger charge is -2.09. The monoisotopic (exact) mass is 445 g/mol. The maximum Gasteiger partial charge on any atom is 0.250 e. The van der Waals surface area contributed by atoms with Crippen LogP contribution in [-0.2, 0) is 10.5 Å². The fraction of sp³-hybridized carbons (Fsp3) is 0.182. The van der Waals surface area contributed by atoms with Crippen LogP contribution in [0.5, 0.6) is 0 Å². The van der Waals surface area contributed by atoms with Gasteiger partial charge in [0.05, 0.1) is 12.0 Å². The fourth-order valence-electron chi connectivity index (χ4n) is 2.95. The van der Waals surface area contributed by atoms with Gasteiger partial charge in [0, 0.05) is 38.4 Å². The molecule has 1 N–H and O–H groups in total. The summed E-state index contributed by atoms with van der Waals surface area (Å²) in [6.45, 7) is 4.05. The molecule has 0 atom stereocenters. The summed E-state index contributed by atoms with van der Waals surface area (Å²) in [6.07, 6.45) is 1.68. The van der Waals surface area contributed by atoms with Crippen LogP contribution in [0.25, 0.3) is 5.69 Å². The molecule has 1 aromatic heterocycles. The second kappa shape index (κ2) is 10.0. The second-order valence-corrected chi connectivity index (χ2v) is 8.41. The zero-order valence-corrected chi connectivity index (χ0v) is 18.5. The summed E-state index contributed by atoms with van der Waals surface area (Å²) in [4.78, 5) is 12.0. The summed E-state index contributed by atoms with van der Waals surface area (Å²) in [6, 6.07) is 17.3. The molecule has 0 unspecified atom stereocenters. The quantitative estimate of drug-likeness (QED) is 0.369. The van der Waals surface area contributed by atoms with Crippen LogP contribution in [0.1, 0.15) is 22.5 Å². The van der Waals surface area contributed by atoms with Crippen LogP contribution in [0.2, 0.25) is 10.0 Å². The Bertz CT molecular complexity index is 1010. The van der Waals surface area contributed by atoms with Crippen LogP contribution < -0.4 is 5.43 Å². The van der Waals surface area contributed by atoms with Crippen molar-refractivity contribution in [2.24, 2.45) is 5.10 Å². The third-order valence-corrected chi connectivity index (χ3v) is 5.87. The van der Waals surface area contributed by atoms with Gasteiger partial charge in [-0.05, 0) is 61.9 Å². The molecule has 1 amide bonds. The van der Waals surface area contributed by atoms with Crippen LogP contribution >= 0.6 is 35.0 Å². The largest absolute Gasteiger partial charge is 0.318 e. The van der Waals surface area contributed by atoms with E-state index in [0.717, 1.165) is 34.0 Å². The van der Waals surface area contributed by atoms with Crippen LogP contribution in [-0.4, -0.2) is 22.4 Å². The van der Waals surface area contributed by atoms with E-state index >= 15 is 0 Å². The van der Waals surface area contributed by atoms with E-state index in [0.29, 0.717) is 15.8 Å². The minimum atomic E-state index is -0.133. The van der Waals surface area contributed by atoms with Crippen LogP contribution in [0, 0.1) is 13.8 Å². The summed E-state index contributed by atoms with van der Waals surface area (Å²) in [7, 11) is 0. The molecule has 1 heterocycles. The van der Waals surface area contributed by atoms with Gasteiger partial charge in [-0.2, -0.15) is 5.10 Å². The number of halogens is 2. The van der Waals surface area contributed by atoms with Gasteiger partial charge in [0.1, 0.15) is 0 Å². The number of hydrogen-bond acceptors (Lipinski definition) is 3. The van der Waals surface area contributed by atoms with Crippen molar-refractivity contribution in [1.29, 1.82) is 0 Å². The van der Waals surface area contributed by atoms with Crippen LogP contribution in [0.4, 0.5) is 0 Å². The van der Waals surface area contributed by atoms with Crippen molar-refractivity contribution in [3.63, 3.8) is 0 Å². The average molecular weight is 446 g/mol. The highest BCUT2D eigenvalue weighted by atomic mass is 35.5. The Morgan fingerprint density at radius 1 is 1.07 bits per heavy atom. The number of carbonyl (C=O) groups excluding carboxylic acids is 1. The standard InChI is InChI=1S/C22H21Cl2N3OS/c1-15-11-18(16(2)27(15)21-9-7-20(24)8-10-21)12-25-26-22(28)14-29-13-17-3-5-19(23)6-4-17/h3-12H,13-14H2,1-2H3,(H,26,28)/b25-12-. The SMILES string of the molecule is Cc1cc(/C=N\NC(=O)CSCc2ccc(Cl)cc2)c(C)n1-c1ccc(Cl)cc1. The van der Waals surface area contributed by atoms with Gasteiger partial charge in [-0.25, -0.2) is 5.43 Å². The van der Waals surface area contributed by atoms with Crippen molar-refractivity contribution in [1.82, 2.24) is 9.99 Å². The van der Waals surface area contributed by atoms with Crippen molar-refractivity contribution in [2.75, 3.05) is 5.75 Å². The van der Waals surface area contributed by atoms with E-state index in [1.54, 1.807) is 6.21 Å². The highest BCUT2D eigenvalue weighted by Gasteiger charge is 2.09. The number of aromatic nitrogens is 1. The molecular formula is C22H21Cl2N3OS. The summed E-state index contributed by atoms with van der Waals surface area (Å²) in [5.74, 6) is 0.951. The number of hydrazone groups is 1. The lowest BCUT2D eigenvalue weighted by Crippen LogP contribution is -2.19. The number of hydrogen-bond donors (Lipinski definition) is 1. The van der Waals surface area contributed by atoms with Gasteiger partial charge < -0.3 is 4.57 Å². The lowest BCUT2D eigenvalue weighted by atomic mass is 10.2. The topological polar surface area (TPSA) is 46.4 Å². The number of nitrogens with one attached hydrogen (secondary N) is 1. The zero-order chi connectivity index (χ0) is 20.8. The number of rotatable bonds is 7. The number of carbonyl (C=O) groups is 1. The highest BCUT2D eigenvalue weighted by molar-refractivity contribution is 7.99. The Morgan fingerprint density at radius 2 is 1.69 bits per heavy atom. The number of benzene rings is 2. The molecule has 0 radical (unpaired) electrons. The molecule has 0 aliphatic heterocycles. The van der Waals surface area contributed by atoms with Gasteiger partial charge in [0.25, 0.3) is 0 Å². The van der Waals surface area contributed by atoms with Crippen molar-refractivity contribution >= 4 is 47.1 Å². The van der Waals surface area contributed by atoms with Crippen LogP contribution in [0.3, 0.4) is 0 Å². The third-order valence-electron chi connectivity index (χ3n) is 4.36. The molecule has 4 nitrogen and oxygen atoms in total. The Kier molecular flexibility index (Phi) is 7.42. The van der Waals surface area contributed by atoms with Gasteiger partial charge in [0.15, 0.2) is 0 Å². The number of amides is 1. The predicted molar refractivity (Wildman–Crippen MR) is 124 cm³/mol. The van der Waals surface area contributed by atoms with Gasteiger partial charge in [-0.1, -0.05) is 35.3 Å². The molecule has 0 fully saturated rings. The molecule has 29 heavy (non-hydrogen) atoms. The van der Waals surface area contributed by atoms with Crippen molar-refractivity contribution in [3.8, 4) is 5.69 Å². The van der Waals surface area contributed by atoms with Crippen molar-refractivity contribution in [3.05, 3.63) is 87.2 Å². The molecule has 0 bridgehead atoms. The van der Waals surface area contributed by atoms with E-state index in [-0.39, 0.29) is 5.91 Å².